The highest BCUT2D eigenvalue weighted by molar-refractivity contribution is 6.17. The largest absolute Gasteiger partial charge is 0.496 e. The van der Waals surface area contributed by atoms with Crippen LogP contribution in [0.2, 0.25) is 0 Å². The number of benzene rings is 1. The molecule has 0 amide bonds. The molecule has 96 valence electrons. The van der Waals surface area contributed by atoms with Gasteiger partial charge in [0.1, 0.15) is 5.75 Å². The molecule has 3 heteroatoms. The Balaban J connectivity index is 3.10. The van der Waals surface area contributed by atoms with Gasteiger partial charge in [-0.3, -0.25) is 4.90 Å². The Morgan fingerprint density at radius 2 is 2.00 bits per heavy atom. The van der Waals surface area contributed by atoms with E-state index < -0.39 is 0 Å². The molecular formula is C14H22ClNO. The van der Waals surface area contributed by atoms with E-state index in [0.29, 0.717) is 11.9 Å². The van der Waals surface area contributed by atoms with E-state index in [1.165, 1.54) is 16.7 Å². The van der Waals surface area contributed by atoms with Crippen LogP contribution >= 0.6 is 11.6 Å². The Hall–Kier alpha value is -0.730. The standard InChI is InChI=1S/C14H22ClNO/c1-10(2)13-7-12(8-16(4)9-15)11(3)6-14(13)17-5/h6-7,10H,8-9H2,1-5H3. The van der Waals surface area contributed by atoms with Crippen molar-refractivity contribution in [3.05, 3.63) is 28.8 Å². The maximum absolute atomic E-state index is 5.82. The molecule has 0 saturated carbocycles. The van der Waals surface area contributed by atoms with Crippen LogP contribution in [0.15, 0.2) is 12.1 Å². The zero-order valence-electron chi connectivity index (χ0n) is 11.4. The summed E-state index contributed by atoms with van der Waals surface area (Å²) in [7, 11) is 3.75. The van der Waals surface area contributed by atoms with Gasteiger partial charge in [-0.05, 0) is 42.6 Å². The Morgan fingerprint density at radius 3 is 2.47 bits per heavy atom. The van der Waals surface area contributed by atoms with E-state index in [4.69, 9.17) is 16.3 Å². The Bertz CT molecular complexity index is 377. The minimum atomic E-state index is 0.464. The average Bonchev–Trinajstić information content (AvgIpc) is 2.30. The normalized spacial score (nSPS) is 11.3. The number of ether oxygens (including phenoxy) is 1. The molecule has 0 heterocycles. The third-order valence-corrected chi connectivity index (χ3v) is 3.36. The minimum Gasteiger partial charge on any atom is -0.496 e. The first kappa shape index (κ1) is 14.3. The second-order valence-corrected chi connectivity index (χ2v) is 5.05. The van der Waals surface area contributed by atoms with Crippen molar-refractivity contribution in [3.63, 3.8) is 0 Å². The van der Waals surface area contributed by atoms with Gasteiger partial charge in [0.15, 0.2) is 0 Å². The highest BCUT2D eigenvalue weighted by atomic mass is 35.5. The summed E-state index contributed by atoms with van der Waals surface area (Å²) >= 11 is 5.82. The SMILES string of the molecule is COc1cc(C)c(CN(C)CCl)cc1C(C)C. The van der Waals surface area contributed by atoms with Crippen LogP contribution in [0.1, 0.15) is 36.5 Å². The summed E-state index contributed by atoms with van der Waals surface area (Å²) in [5.74, 6) is 1.44. The first-order valence-electron chi connectivity index (χ1n) is 5.91. The second-order valence-electron chi connectivity index (χ2n) is 4.81. The van der Waals surface area contributed by atoms with Crippen LogP contribution in [0.3, 0.4) is 0 Å². The topological polar surface area (TPSA) is 12.5 Å². The molecule has 1 rings (SSSR count). The number of methoxy groups -OCH3 is 1. The summed E-state index contributed by atoms with van der Waals surface area (Å²) in [6, 6.07) is 4.90. The van der Waals surface area contributed by atoms with Crippen molar-refractivity contribution in [2.45, 2.75) is 33.2 Å². The van der Waals surface area contributed by atoms with E-state index in [9.17, 15) is 0 Å². The van der Waals surface area contributed by atoms with Crippen molar-refractivity contribution in [2.24, 2.45) is 0 Å². The van der Waals surface area contributed by atoms with Crippen molar-refractivity contribution in [1.29, 1.82) is 0 Å². The highest BCUT2D eigenvalue weighted by Gasteiger charge is 2.12. The summed E-state index contributed by atoms with van der Waals surface area (Å²) in [5.41, 5.74) is 3.83. The van der Waals surface area contributed by atoms with Crippen molar-refractivity contribution in [3.8, 4) is 5.75 Å². The Kier molecular flexibility index (Phi) is 5.29. The average molecular weight is 256 g/mol. The van der Waals surface area contributed by atoms with Crippen molar-refractivity contribution >= 4 is 11.6 Å². The molecule has 0 aromatic heterocycles. The molecule has 1 aromatic rings. The zero-order chi connectivity index (χ0) is 13.0. The Morgan fingerprint density at radius 1 is 1.35 bits per heavy atom. The molecule has 17 heavy (non-hydrogen) atoms. The van der Waals surface area contributed by atoms with E-state index in [0.717, 1.165) is 12.3 Å². The van der Waals surface area contributed by atoms with Crippen LogP contribution in [0.5, 0.6) is 5.75 Å². The predicted molar refractivity (Wildman–Crippen MR) is 74.0 cm³/mol. The molecule has 0 fully saturated rings. The van der Waals surface area contributed by atoms with Crippen LogP contribution in [0.4, 0.5) is 0 Å². The lowest BCUT2D eigenvalue weighted by molar-refractivity contribution is 0.379. The van der Waals surface area contributed by atoms with Gasteiger partial charge in [-0.1, -0.05) is 19.9 Å². The van der Waals surface area contributed by atoms with E-state index in [2.05, 4.69) is 37.8 Å². The molecule has 0 spiro atoms. The fraction of sp³-hybridized carbons (Fsp3) is 0.571. The van der Waals surface area contributed by atoms with Crippen LogP contribution in [-0.2, 0) is 6.54 Å². The predicted octanol–water partition coefficient (Wildman–Crippen LogP) is 3.76. The number of hydrogen-bond acceptors (Lipinski definition) is 2. The lowest BCUT2D eigenvalue weighted by Crippen LogP contribution is -2.16. The van der Waals surface area contributed by atoms with E-state index >= 15 is 0 Å². The molecular weight excluding hydrogens is 234 g/mol. The summed E-state index contributed by atoms with van der Waals surface area (Å²) in [4.78, 5) is 2.08. The third kappa shape index (κ3) is 3.62. The second kappa shape index (κ2) is 6.27. The molecule has 1 aromatic carbocycles. The summed E-state index contributed by atoms with van der Waals surface area (Å²) in [5, 5.41) is 0. The maximum atomic E-state index is 5.82. The number of hydrogen-bond donors (Lipinski definition) is 0. The van der Waals surface area contributed by atoms with Gasteiger partial charge < -0.3 is 4.74 Å². The van der Waals surface area contributed by atoms with Crippen molar-refractivity contribution < 1.29 is 4.74 Å². The summed E-state index contributed by atoms with van der Waals surface area (Å²) < 4.78 is 5.43. The summed E-state index contributed by atoms with van der Waals surface area (Å²) in [6.07, 6.45) is 0. The lowest BCUT2D eigenvalue weighted by Gasteiger charge is -2.19. The summed E-state index contributed by atoms with van der Waals surface area (Å²) in [6.45, 7) is 7.35. The van der Waals surface area contributed by atoms with Gasteiger partial charge in [-0.25, -0.2) is 0 Å². The fourth-order valence-electron chi connectivity index (χ4n) is 1.88. The van der Waals surface area contributed by atoms with Gasteiger partial charge in [-0.2, -0.15) is 0 Å². The first-order chi connectivity index (χ1) is 7.99. The number of nitrogens with zero attached hydrogens (tertiary/aromatic N) is 1. The highest BCUT2D eigenvalue weighted by Crippen LogP contribution is 2.30. The molecule has 0 aliphatic carbocycles. The lowest BCUT2D eigenvalue weighted by atomic mass is 9.96. The molecule has 0 aliphatic rings. The van der Waals surface area contributed by atoms with Crippen LogP contribution < -0.4 is 4.74 Å². The van der Waals surface area contributed by atoms with Crippen molar-refractivity contribution in [2.75, 3.05) is 20.2 Å². The third-order valence-electron chi connectivity index (χ3n) is 2.95. The Labute approximate surface area is 110 Å². The van der Waals surface area contributed by atoms with Gasteiger partial charge in [0.25, 0.3) is 0 Å². The monoisotopic (exact) mass is 255 g/mol. The number of halogens is 1. The van der Waals surface area contributed by atoms with Gasteiger partial charge in [-0.15, -0.1) is 11.6 Å². The molecule has 0 aliphatic heterocycles. The van der Waals surface area contributed by atoms with Gasteiger partial charge >= 0.3 is 0 Å². The molecule has 0 saturated heterocycles. The molecule has 0 N–H and O–H groups in total. The van der Waals surface area contributed by atoms with Crippen molar-refractivity contribution in [1.82, 2.24) is 4.90 Å². The molecule has 0 atom stereocenters. The zero-order valence-corrected chi connectivity index (χ0v) is 12.1. The van der Waals surface area contributed by atoms with Crippen LogP contribution in [0, 0.1) is 6.92 Å². The fourth-order valence-corrected chi connectivity index (χ4v) is 1.96. The van der Waals surface area contributed by atoms with E-state index in [-0.39, 0.29) is 0 Å². The maximum Gasteiger partial charge on any atom is 0.122 e. The number of rotatable bonds is 5. The van der Waals surface area contributed by atoms with E-state index in [1.807, 2.05) is 7.05 Å². The van der Waals surface area contributed by atoms with Crippen LogP contribution in [0.25, 0.3) is 0 Å². The van der Waals surface area contributed by atoms with Gasteiger partial charge in [0.2, 0.25) is 0 Å². The van der Waals surface area contributed by atoms with E-state index in [1.54, 1.807) is 7.11 Å². The van der Waals surface area contributed by atoms with Crippen LogP contribution in [-0.4, -0.2) is 25.1 Å². The molecule has 0 bridgehead atoms. The smallest absolute Gasteiger partial charge is 0.122 e. The molecule has 0 unspecified atom stereocenters. The molecule has 2 nitrogen and oxygen atoms in total. The van der Waals surface area contributed by atoms with Gasteiger partial charge in [0.05, 0.1) is 13.1 Å². The minimum absolute atomic E-state index is 0.464. The number of aryl methyl sites for hydroxylation is 1. The van der Waals surface area contributed by atoms with Gasteiger partial charge in [0, 0.05) is 6.54 Å². The number of alkyl halides is 1. The first-order valence-corrected chi connectivity index (χ1v) is 6.45. The quantitative estimate of drug-likeness (QED) is 0.587. The molecule has 0 radical (unpaired) electrons.